The van der Waals surface area contributed by atoms with Gasteiger partial charge in [-0.3, -0.25) is 4.79 Å². The molecule has 0 amide bonds. The zero-order valence-electron chi connectivity index (χ0n) is 14.4. The van der Waals surface area contributed by atoms with E-state index in [-0.39, 0.29) is 5.78 Å². The molecule has 0 aliphatic heterocycles. The van der Waals surface area contributed by atoms with Gasteiger partial charge in [0.25, 0.3) is 0 Å². The Morgan fingerprint density at radius 2 is 1.58 bits per heavy atom. The van der Waals surface area contributed by atoms with Crippen LogP contribution in [-0.4, -0.2) is 5.78 Å². The Hall–Kier alpha value is -2.19. The number of rotatable bonds is 5. The van der Waals surface area contributed by atoms with Crippen molar-refractivity contribution in [3.63, 3.8) is 0 Å². The van der Waals surface area contributed by atoms with E-state index in [4.69, 9.17) is 0 Å². The molecule has 0 aliphatic carbocycles. The molecule has 3 rings (SSSR count). The van der Waals surface area contributed by atoms with E-state index in [1.165, 1.54) is 16.7 Å². The lowest BCUT2D eigenvalue weighted by molar-refractivity contribution is 0.0997. The average Bonchev–Trinajstić information content (AvgIpc) is 3.07. The fraction of sp³-hybridized carbons (Fsp3) is 0.227. The normalized spacial score (nSPS) is 11.0. The first kappa shape index (κ1) is 16.7. The van der Waals surface area contributed by atoms with Crippen molar-refractivity contribution in [3.05, 3.63) is 82.2 Å². The molecule has 0 saturated heterocycles. The van der Waals surface area contributed by atoms with Gasteiger partial charge < -0.3 is 0 Å². The summed E-state index contributed by atoms with van der Waals surface area (Å²) in [5.41, 5.74) is 4.81. The predicted molar refractivity (Wildman–Crippen MR) is 103 cm³/mol. The van der Waals surface area contributed by atoms with Crippen molar-refractivity contribution >= 4 is 17.1 Å². The van der Waals surface area contributed by atoms with E-state index in [0.29, 0.717) is 12.3 Å². The molecular formula is C22H22OS. The number of carbonyl (C=O) groups excluding carboxylic acids is 1. The summed E-state index contributed by atoms with van der Waals surface area (Å²) in [6, 6.07) is 20.8. The van der Waals surface area contributed by atoms with Gasteiger partial charge in [0.2, 0.25) is 0 Å². The monoisotopic (exact) mass is 334 g/mol. The highest BCUT2D eigenvalue weighted by atomic mass is 32.1. The first-order valence-corrected chi connectivity index (χ1v) is 9.13. The molecule has 122 valence electrons. The lowest BCUT2D eigenvalue weighted by atomic mass is 10.0. The summed E-state index contributed by atoms with van der Waals surface area (Å²) in [5.74, 6) is 0.725. The fourth-order valence-corrected chi connectivity index (χ4v) is 3.60. The Kier molecular flexibility index (Phi) is 4.96. The third-order valence-corrected chi connectivity index (χ3v) is 5.40. The van der Waals surface area contributed by atoms with Gasteiger partial charge in [0.05, 0.1) is 4.88 Å². The highest BCUT2D eigenvalue weighted by Crippen LogP contribution is 2.30. The van der Waals surface area contributed by atoms with Crippen LogP contribution in [-0.2, 0) is 6.42 Å². The molecule has 1 heterocycles. The molecule has 0 bridgehead atoms. The highest BCUT2D eigenvalue weighted by Gasteiger charge is 2.11. The molecule has 0 unspecified atom stereocenters. The minimum atomic E-state index is 0.189. The molecule has 0 spiro atoms. The molecule has 1 aromatic heterocycles. The van der Waals surface area contributed by atoms with Crippen LogP contribution in [0.25, 0.3) is 10.4 Å². The molecular weight excluding hydrogens is 312 g/mol. The summed E-state index contributed by atoms with van der Waals surface area (Å²) in [7, 11) is 0. The van der Waals surface area contributed by atoms with Gasteiger partial charge in [-0.2, -0.15) is 0 Å². The number of thiophene rings is 1. The molecule has 1 nitrogen and oxygen atoms in total. The van der Waals surface area contributed by atoms with Gasteiger partial charge in [-0.25, -0.2) is 0 Å². The van der Waals surface area contributed by atoms with Crippen molar-refractivity contribution in [2.45, 2.75) is 33.1 Å². The standard InChI is InChI=1S/C22H22OS/c1-15(2)18-8-10-19(11-9-18)21-12-13-22(24-21)20(23)14-17-6-4-16(3)5-7-17/h4-13,15H,14H2,1-3H3. The van der Waals surface area contributed by atoms with Gasteiger partial charge in [-0.05, 0) is 41.7 Å². The summed E-state index contributed by atoms with van der Waals surface area (Å²) in [6.45, 7) is 6.45. The second-order valence-corrected chi connectivity index (χ2v) is 7.61. The molecule has 24 heavy (non-hydrogen) atoms. The molecule has 3 aromatic rings. The van der Waals surface area contributed by atoms with E-state index in [0.717, 1.165) is 15.3 Å². The fourth-order valence-electron chi connectivity index (χ4n) is 2.65. The first-order valence-electron chi connectivity index (χ1n) is 8.32. The molecule has 2 aromatic carbocycles. The lowest BCUT2D eigenvalue weighted by Crippen LogP contribution is -2.00. The van der Waals surface area contributed by atoms with Gasteiger partial charge in [-0.15, -0.1) is 11.3 Å². The quantitative estimate of drug-likeness (QED) is 0.502. The van der Waals surface area contributed by atoms with Crippen molar-refractivity contribution in [1.82, 2.24) is 0 Å². The molecule has 0 aliphatic rings. The van der Waals surface area contributed by atoms with Gasteiger partial charge in [0.15, 0.2) is 5.78 Å². The molecule has 0 radical (unpaired) electrons. The van der Waals surface area contributed by atoms with Crippen LogP contribution in [0.3, 0.4) is 0 Å². The number of ketones is 1. The van der Waals surface area contributed by atoms with E-state index >= 15 is 0 Å². The second-order valence-electron chi connectivity index (χ2n) is 6.53. The Morgan fingerprint density at radius 3 is 2.21 bits per heavy atom. The maximum absolute atomic E-state index is 12.5. The number of hydrogen-bond acceptors (Lipinski definition) is 2. The molecule has 0 atom stereocenters. The van der Waals surface area contributed by atoms with Crippen molar-refractivity contribution in [1.29, 1.82) is 0 Å². The van der Waals surface area contributed by atoms with Crippen molar-refractivity contribution in [2.24, 2.45) is 0 Å². The molecule has 0 N–H and O–H groups in total. The molecule has 0 saturated carbocycles. The topological polar surface area (TPSA) is 17.1 Å². The summed E-state index contributed by atoms with van der Waals surface area (Å²) >= 11 is 1.58. The van der Waals surface area contributed by atoms with E-state index in [1.54, 1.807) is 11.3 Å². The maximum Gasteiger partial charge on any atom is 0.177 e. The van der Waals surface area contributed by atoms with E-state index < -0.39 is 0 Å². The Balaban J connectivity index is 1.74. The summed E-state index contributed by atoms with van der Waals surface area (Å²) in [6.07, 6.45) is 0.465. The van der Waals surface area contributed by atoms with E-state index in [1.807, 2.05) is 18.2 Å². The second kappa shape index (κ2) is 7.14. The molecule has 0 fully saturated rings. The van der Waals surface area contributed by atoms with Crippen LogP contribution >= 0.6 is 11.3 Å². The van der Waals surface area contributed by atoms with Crippen LogP contribution in [0, 0.1) is 6.92 Å². The number of carbonyl (C=O) groups is 1. The number of Topliss-reactive ketones (excluding diaryl/α,β-unsaturated/α-hetero) is 1. The van der Waals surface area contributed by atoms with Crippen molar-refractivity contribution in [3.8, 4) is 10.4 Å². The summed E-state index contributed by atoms with van der Waals surface area (Å²) in [5, 5.41) is 0. The van der Waals surface area contributed by atoms with Gasteiger partial charge in [0, 0.05) is 11.3 Å². The van der Waals surface area contributed by atoms with E-state index in [2.05, 4.69) is 63.2 Å². The number of benzene rings is 2. The van der Waals surface area contributed by atoms with Crippen LogP contribution < -0.4 is 0 Å². The third-order valence-electron chi connectivity index (χ3n) is 4.23. The van der Waals surface area contributed by atoms with Crippen LogP contribution in [0.4, 0.5) is 0 Å². The number of hydrogen-bond donors (Lipinski definition) is 0. The van der Waals surface area contributed by atoms with Crippen LogP contribution in [0.5, 0.6) is 0 Å². The van der Waals surface area contributed by atoms with Gasteiger partial charge >= 0.3 is 0 Å². The smallest absolute Gasteiger partial charge is 0.177 e. The minimum absolute atomic E-state index is 0.189. The zero-order chi connectivity index (χ0) is 17.1. The Labute approximate surface area is 148 Å². The Bertz CT molecular complexity index is 823. The Morgan fingerprint density at radius 1 is 0.917 bits per heavy atom. The predicted octanol–water partition coefficient (Wildman–Crippen LogP) is 6.27. The SMILES string of the molecule is Cc1ccc(CC(=O)c2ccc(-c3ccc(C(C)C)cc3)s2)cc1. The van der Waals surface area contributed by atoms with Crippen LogP contribution in [0.15, 0.2) is 60.7 Å². The number of aryl methyl sites for hydroxylation is 1. The largest absolute Gasteiger partial charge is 0.293 e. The van der Waals surface area contributed by atoms with Crippen LogP contribution in [0.1, 0.15) is 46.1 Å². The molecule has 2 heteroatoms. The maximum atomic E-state index is 12.5. The first-order chi connectivity index (χ1) is 11.5. The lowest BCUT2D eigenvalue weighted by Gasteiger charge is -2.05. The average molecular weight is 334 g/mol. The van der Waals surface area contributed by atoms with Gasteiger partial charge in [-0.1, -0.05) is 67.9 Å². The summed E-state index contributed by atoms with van der Waals surface area (Å²) in [4.78, 5) is 14.5. The summed E-state index contributed by atoms with van der Waals surface area (Å²) < 4.78 is 0. The third kappa shape index (κ3) is 3.82. The highest BCUT2D eigenvalue weighted by molar-refractivity contribution is 7.17. The van der Waals surface area contributed by atoms with Crippen LogP contribution in [0.2, 0.25) is 0 Å². The van der Waals surface area contributed by atoms with Gasteiger partial charge in [0.1, 0.15) is 0 Å². The minimum Gasteiger partial charge on any atom is -0.293 e. The zero-order valence-corrected chi connectivity index (χ0v) is 15.2. The van der Waals surface area contributed by atoms with E-state index in [9.17, 15) is 4.79 Å². The van der Waals surface area contributed by atoms with Crippen molar-refractivity contribution in [2.75, 3.05) is 0 Å². The van der Waals surface area contributed by atoms with Crippen molar-refractivity contribution < 1.29 is 4.79 Å².